The lowest BCUT2D eigenvalue weighted by Crippen LogP contribution is -2.45. The minimum atomic E-state index is 0.247. The molecular formula is C14H20N2OS2. The third-order valence-electron chi connectivity index (χ3n) is 4.10. The molecule has 3 nitrogen and oxygen atoms in total. The maximum atomic E-state index is 11.9. The zero-order valence-corrected chi connectivity index (χ0v) is 12.7. The first kappa shape index (κ1) is 13.5. The summed E-state index contributed by atoms with van der Waals surface area (Å²) < 4.78 is 0. The number of nitrogens with zero attached hydrogens (tertiary/aromatic N) is 2. The number of amides is 1. The third kappa shape index (κ3) is 3.15. The molecule has 0 spiro atoms. The van der Waals surface area contributed by atoms with Crippen molar-refractivity contribution < 1.29 is 4.79 Å². The van der Waals surface area contributed by atoms with Crippen LogP contribution in [0.4, 0.5) is 0 Å². The standard InChI is InChI=1S/C14H20N2OS2/c17-14-8-12(18)9-16(14)11-3-5-15(6-4-11)10-13-2-1-7-19-13/h1-2,7,11-12,18H,3-6,8-10H2. The molecule has 2 aliphatic heterocycles. The van der Waals surface area contributed by atoms with Crippen molar-refractivity contribution in [3.63, 3.8) is 0 Å². The summed E-state index contributed by atoms with van der Waals surface area (Å²) >= 11 is 6.26. The van der Waals surface area contributed by atoms with E-state index < -0.39 is 0 Å². The highest BCUT2D eigenvalue weighted by atomic mass is 32.1. The number of piperidine rings is 1. The van der Waals surface area contributed by atoms with Crippen LogP contribution in [-0.2, 0) is 11.3 Å². The van der Waals surface area contributed by atoms with Gasteiger partial charge < -0.3 is 4.90 Å². The molecule has 2 fully saturated rings. The van der Waals surface area contributed by atoms with E-state index in [0.29, 0.717) is 18.4 Å². The van der Waals surface area contributed by atoms with Gasteiger partial charge in [0.15, 0.2) is 0 Å². The molecule has 1 unspecified atom stereocenters. The summed E-state index contributed by atoms with van der Waals surface area (Å²) in [6.07, 6.45) is 2.84. The van der Waals surface area contributed by atoms with Crippen LogP contribution in [0.25, 0.3) is 0 Å². The topological polar surface area (TPSA) is 23.6 Å². The van der Waals surface area contributed by atoms with E-state index in [9.17, 15) is 4.79 Å². The summed E-state index contributed by atoms with van der Waals surface area (Å²) in [5.41, 5.74) is 0. The Morgan fingerprint density at radius 3 is 2.74 bits per heavy atom. The fourth-order valence-electron chi connectivity index (χ4n) is 3.08. The molecule has 0 bridgehead atoms. The number of carbonyl (C=O) groups is 1. The molecule has 1 aromatic heterocycles. The smallest absolute Gasteiger partial charge is 0.224 e. The van der Waals surface area contributed by atoms with Crippen molar-refractivity contribution in [1.82, 2.24) is 9.80 Å². The molecule has 3 heterocycles. The van der Waals surface area contributed by atoms with E-state index in [1.807, 2.05) is 11.3 Å². The fraction of sp³-hybridized carbons (Fsp3) is 0.643. The SMILES string of the molecule is O=C1CC(S)CN1C1CCN(Cc2cccs2)CC1. The summed E-state index contributed by atoms with van der Waals surface area (Å²) in [7, 11) is 0. The fourth-order valence-corrected chi connectivity index (χ4v) is 4.16. The molecule has 2 aliphatic rings. The van der Waals surface area contributed by atoms with Crippen LogP contribution in [0.3, 0.4) is 0 Å². The highest BCUT2D eigenvalue weighted by Crippen LogP contribution is 2.25. The molecule has 0 aliphatic carbocycles. The molecule has 104 valence electrons. The van der Waals surface area contributed by atoms with E-state index in [-0.39, 0.29) is 5.25 Å². The van der Waals surface area contributed by atoms with Gasteiger partial charge in [-0.2, -0.15) is 12.6 Å². The van der Waals surface area contributed by atoms with E-state index >= 15 is 0 Å². The Balaban J connectivity index is 1.51. The maximum Gasteiger partial charge on any atom is 0.224 e. The van der Waals surface area contributed by atoms with Crippen molar-refractivity contribution in [3.8, 4) is 0 Å². The Morgan fingerprint density at radius 1 is 1.37 bits per heavy atom. The first-order valence-corrected chi connectivity index (χ1v) is 8.34. The number of hydrogen-bond acceptors (Lipinski definition) is 4. The van der Waals surface area contributed by atoms with Gasteiger partial charge in [-0.1, -0.05) is 6.07 Å². The number of hydrogen-bond donors (Lipinski definition) is 1. The van der Waals surface area contributed by atoms with Gasteiger partial charge in [0.25, 0.3) is 0 Å². The monoisotopic (exact) mass is 296 g/mol. The number of rotatable bonds is 3. The van der Waals surface area contributed by atoms with Crippen molar-refractivity contribution in [2.75, 3.05) is 19.6 Å². The van der Waals surface area contributed by atoms with Crippen LogP contribution >= 0.6 is 24.0 Å². The van der Waals surface area contributed by atoms with Crippen LogP contribution in [0.5, 0.6) is 0 Å². The van der Waals surface area contributed by atoms with Gasteiger partial charge in [-0.05, 0) is 24.3 Å². The van der Waals surface area contributed by atoms with E-state index in [0.717, 1.165) is 39.0 Å². The minimum Gasteiger partial charge on any atom is -0.338 e. The van der Waals surface area contributed by atoms with Crippen molar-refractivity contribution in [3.05, 3.63) is 22.4 Å². The number of thiol groups is 1. The molecule has 0 aromatic carbocycles. The van der Waals surface area contributed by atoms with Gasteiger partial charge in [0.1, 0.15) is 0 Å². The second-order valence-electron chi connectivity index (χ2n) is 5.49. The quantitative estimate of drug-likeness (QED) is 0.865. The number of carbonyl (C=O) groups excluding carboxylic acids is 1. The summed E-state index contributed by atoms with van der Waals surface area (Å²) in [5.74, 6) is 0.303. The van der Waals surface area contributed by atoms with Crippen molar-refractivity contribution >= 4 is 29.9 Å². The molecule has 3 rings (SSSR count). The van der Waals surface area contributed by atoms with Crippen LogP contribution in [0.2, 0.25) is 0 Å². The van der Waals surface area contributed by atoms with E-state index in [2.05, 4.69) is 39.9 Å². The number of thiophene rings is 1. The average molecular weight is 296 g/mol. The average Bonchev–Trinajstić information content (AvgIpc) is 3.00. The summed E-state index contributed by atoms with van der Waals surface area (Å²) in [6.45, 7) is 4.11. The molecule has 0 saturated carbocycles. The van der Waals surface area contributed by atoms with Gasteiger partial charge in [-0.3, -0.25) is 9.69 Å². The largest absolute Gasteiger partial charge is 0.338 e. The van der Waals surface area contributed by atoms with Crippen molar-refractivity contribution in [1.29, 1.82) is 0 Å². The van der Waals surface area contributed by atoms with Crippen LogP contribution in [0, 0.1) is 0 Å². The minimum absolute atomic E-state index is 0.247. The highest BCUT2D eigenvalue weighted by Gasteiger charge is 2.34. The van der Waals surface area contributed by atoms with E-state index in [1.54, 1.807) is 0 Å². The van der Waals surface area contributed by atoms with Gasteiger partial charge in [0.05, 0.1) is 0 Å². The molecule has 1 amide bonds. The van der Waals surface area contributed by atoms with Crippen LogP contribution in [-0.4, -0.2) is 46.6 Å². The summed E-state index contributed by atoms with van der Waals surface area (Å²) in [4.78, 5) is 17.9. The lowest BCUT2D eigenvalue weighted by molar-refractivity contribution is -0.130. The lowest BCUT2D eigenvalue weighted by atomic mass is 10.0. The predicted octanol–water partition coefficient (Wildman–Crippen LogP) is 2.24. The normalized spacial score (nSPS) is 26.3. The molecule has 2 saturated heterocycles. The first-order chi connectivity index (χ1) is 9.22. The molecule has 1 aromatic rings. The van der Waals surface area contributed by atoms with E-state index in [1.165, 1.54) is 4.88 Å². The van der Waals surface area contributed by atoms with Crippen LogP contribution in [0.1, 0.15) is 24.1 Å². The zero-order chi connectivity index (χ0) is 13.2. The second kappa shape index (κ2) is 5.85. The lowest BCUT2D eigenvalue weighted by Gasteiger charge is -2.36. The maximum absolute atomic E-state index is 11.9. The van der Waals surface area contributed by atoms with Gasteiger partial charge in [0, 0.05) is 48.8 Å². The van der Waals surface area contributed by atoms with Crippen LogP contribution in [0.15, 0.2) is 17.5 Å². The molecule has 5 heteroatoms. The highest BCUT2D eigenvalue weighted by molar-refractivity contribution is 7.81. The Labute approximate surface area is 124 Å². The first-order valence-electron chi connectivity index (χ1n) is 6.94. The van der Waals surface area contributed by atoms with Gasteiger partial charge in [0.2, 0.25) is 5.91 Å². The Hall–Kier alpha value is -0.520. The van der Waals surface area contributed by atoms with Gasteiger partial charge >= 0.3 is 0 Å². The molecule has 19 heavy (non-hydrogen) atoms. The molecule has 0 N–H and O–H groups in total. The van der Waals surface area contributed by atoms with Gasteiger partial charge in [-0.15, -0.1) is 11.3 Å². The molecule has 1 atom stereocenters. The molecule has 0 radical (unpaired) electrons. The summed E-state index contributed by atoms with van der Waals surface area (Å²) in [6, 6.07) is 4.76. The Kier molecular flexibility index (Phi) is 4.15. The van der Waals surface area contributed by atoms with Crippen molar-refractivity contribution in [2.45, 2.75) is 37.1 Å². The zero-order valence-electron chi connectivity index (χ0n) is 11.0. The van der Waals surface area contributed by atoms with Crippen molar-refractivity contribution in [2.24, 2.45) is 0 Å². The Morgan fingerprint density at radius 2 is 2.16 bits per heavy atom. The summed E-state index contributed by atoms with van der Waals surface area (Å²) in [5, 5.41) is 2.38. The molecular weight excluding hydrogens is 276 g/mol. The second-order valence-corrected chi connectivity index (χ2v) is 7.25. The third-order valence-corrected chi connectivity index (χ3v) is 5.30. The van der Waals surface area contributed by atoms with E-state index in [4.69, 9.17) is 0 Å². The predicted molar refractivity (Wildman–Crippen MR) is 81.7 cm³/mol. The van der Waals surface area contributed by atoms with Crippen LogP contribution < -0.4 is 0 Å². The number of likely N-dealkylation sites (tertiary alicyclic amines) is 2. The Bertz CT molecular complexity index is 427. The van der Waals surface area contributed by atoms with Gasteiger partial charge in [-0.25, -0.2) is 0 Å².